The van der Waals surface area contributed by atoms with Crippen molar-refractivity contribution in [3.8, 4) is 0 Å². The van der Waals surface area contributed by atoms with Crippen LogP contribution in [-0.2, 0) is 0 Å². The first-order valence-electron chi connectivity index (χ1n) is 9.59. The molecule has 1 fully saturated rings. The Bertz CT molecular complexity index is 240. The molecule has 0 heterocycles. The fourth-order valence-corrected chi connectivity index (χ4v) is 4.05. The lowest BCUT2D eigenvalue weighted by Crippen LogP contribution is -2.55. The highest BCUT2D eigenvalue weighted by Gasteiger charge is 2.34. The normalized spacial score (nSPS) is 23.3. The van der Waals surface area contributed by atoms with Crippen LogP contribution in [0.5, 0.6) is 0 Å². The van der Waals surface area contributed by atoms with Gasteiger partial charge in [-0.2, -0.15) is 0 Å². The summed E-state index contributed by atoms with van der Waals surface area (Å²) in [6.07, 6.45) is 17.9. The van der Waals surface area contributed by atoms with Gasteiger partial charge in [0.1, 0.15) is 0 Å². The van der Waals surface area contributed by atoms with Crippen LogP contribution >= 0.6 is 0 Å². The van der Waals surface area contributed by atoms with Gasteiger partial charge in [-0.3, -0.25) is 4.90 Å². The average molecular weight is 297 g/mol. The van der Waals surface area contributed by atoms with Gasteiger partial charge in [-0.15, -0.1) is 0 Å². The molecular weight excluding hydrogens is 256 g/mol. The van der Waals surface area contributed by atoms with Gasteiger partial charge >= 0.3 is 0 Å². The first-order chi connectivity index (χ1) is 10.2. The standard InChI is InChI=1S/C19H40N2/c1-4-14-18(2)21(3)19(17-20)15-12-10-8-6-5-7-9-11-13-16-19/h18H,4-17,20H2,1-3H3. The van der Waals surface area contributed by atoms with E-state index in [1.54, 1.807) is 0 Å². The second-order valence-electron chi connectivity index (χ2n) is 7.36. The van der Waals surface area contributed by atoms with Crippen LogP contribution in [0.25, 0.3) is 0 Å². The van der Waals surface area contributed by atoms with Crippen LogP contribution in [0.4, 0.5) is 0 Å². The zero-order valence-electron chi connectivity index (χ0n) is 15.0. The molecule has 1 saturated carbocycles. The number of rotatable bonds is 5. The average Bonchev–Trinajstić information content (AvgIpc) is 2.48. The Morgan fingerprint density at radius 2 is 1.33 bits per heavy atom. The van der Waals surface area contributed by atoms with Gasteiger partial charge in [0.15, 0.2) is 0 Å². The van der Waals surface area contributed by atoms with Crippen LogP contribution in [-0.4, -0.2) is 30.1 Å². The SMILES string of the molecule is CCCC(C)N(C)C1(CN)CCCCCCCCCCC1. The molecule has 2 heteroatoms. The van der Waals surface area contributed by atoms with Gasteiger partial charge in [-0.25, -0.2) is 0 Å². The van der Waals surface area contributed by atoms with Crippen LogP contribution in [0, 0.1) is 0 Å². The highest BCUT2D eigenvalue weighted by Crippen LogP contribution is 2.31. The van der Waals surface area contributed by atoms with E-state index in [0.717, 1.165) is 6.54 Å². The van der Waals surface area contributed by atoms with Crippen LogP contribution in [0.15, 0.2) is 0 Å². The molecule has 0 aliphatic heterocycles. The summed E-state index contributed by atoms with van der Waals surface area (Å²) in [5, 5.41) is 0. The molecule has 126 valence electrons. The van der Waals surface area contributed by atoms with Crippen LogP contribution in [0.3, 0.4) is 0 Å². The van der Waals surface area contributed by atoms with Gasteiger partial charge in [-0.05, 0) is 33.2 Å². The lowest BCUT2D eigenvalue weighted by molar-refractivity contribution is 0.0584. The Morgan fingerprint density at radius 3 is 1.71 bits per heavy atom. The van der Waals surface area contributed by atoms with E-state index in [1.165, 1.54) is 83.5 Å². The molecule has 0 saturated heterocycles. The maximum atomic E-state index is 6.31. The van der Waals surface area contributed by atoms with E-state index in [2.05, 4.69) is 25.8 Å². The van der Waals surface area contributed by atoms with Gasteiger partial charge < -0.3 is 5.73 Å². The second-order valence-corrected chi connectivity index (χ2v) is 7.36. The molecule has 0 radical (unpaired) electrons. The predicted molar refractivity (Wildman–Crippen MR) is 94.7 cm³/mol. The molecule has 0 amide bonds. The molecule has 1 aliphatic carbocycles. The summed E-state index contributed by atoms with van der Waals surface area (Å²) >= 11 is 0. The molecule has 0 aromatic carbocycles. The molecule has 1 rings (SSSR count). The van der Waals surface area contributed by atoms with Crippen LogP contribution < -0.4 is 5.73 Å². The monoisotopic (exact) mass is 296 g/mol. The van der Waals surface area contributed by atoms with Crippen molar-refractivity contribution in [2.45, 2.75) is 109 Å². The van der Waals surface area contributed by atoms with Crippen molar-refractivity contribution in [1.82, 2.24) is 4.90 Å². The first-order valence-corrected chi connectivity index (χ1v) is 9.59. The van der Waals surface area contributed by atoms with Gasteiger partial charge in [0, 0.05) is 18.1 Å². The van der Waals surface area contributed by atoms with E-state index in [-0.39, 0.29) is 5.54 Å². The van der Waals surface area contributed by atoms with Crippen molar-refractivity contribution in [2.75, 3.05) is 13.6 Å². The Labute approximate surface area is 133 Å². The third-order valence-corrected chi connectivity index (χ3v) is 5.78. The first kappa shape index (κ1) is 19.0. The Kier molecular flexibility index (Phi) is 9.59. The molecular formula is C19H40N2. The number of likely N-dealkylation sites (N-methyl/N-ethyl adjacent to an activating group) is 1. The van der Waals surface area contributed by atoms with Crippen molar-refractivity contribution >= 4 is 0 Å². The second kappa shape index (κ2) is 10.6. The molecule has 2 nitrogen and oxygen atoms in total. The van der Waals surface area contributed by atoms with Gasteiger partial charge in [0.2, 0.25) is 0 Å². The number of hydrogen-bond acceptors (Lipinski definition) is 2. The zero-order chi connectivity index (χ0) is 15.6. The molecule has 1 unspecified atom stereocenters. The fourth-order valence-electron chi connectivity index (χ4n) is 4.05. The van der Waals surface area contributed by atoms with E-state index in [9.17, 15) is 0 Å². The van der Waals surface area contributed by atoms with E-state index in [1.807, 2.05) is 0 Å². The maximum Gasteiger partial charge on any atom is 0.0331 e. The minimum absolute atomic E-state index is 0.258. The summed E-state index contributed by atoms with van der Waals surface area (Å²) in [4.78, 5) is 2.64. The highest BCUT2D eigenvalue weighted by molar-refractivity contribution is 4.92. The van der Waals surface area contributed by atoms with E-state index in [0.29, 0.717) is 6.04 Å². The smallest absolute Gasteiger partial charge is 0.0331 e. The van der Waals surface area contributed by atoms with Gasteiger partial charge in [-0.1, -0.05) is 71.1 Å². The van der Waals surface area contributed by atoms with Crippen molar-refractivity contribution < 1.29 is 0 Å². The third-order valence-electron chi connectivity index (χ3n) is 5.78. The van der Waals surface area contributed by atoms with Crippen LogP contribution in [0.1, 0.15) is 97.3 Å². The Morgan fingerprint density at radius 1 is 0.905 bits per heavy atom. The number of nitrogens with zero attached hydrogens (tertiary/aromatic N) is 1. The summed E-state index contributed by atoms with van der Waals surface area (Å²) in [5.74, 6) is 0. The molecule has 21 heavy (non-hydrogen) atoms. The summed E-state index contributed by atoms with van der Waals surface area (Å²) in [5.41, 5.74) is 6.57. The lowest BCUT2D eigenvalue weighted by atomic mass is 9.83. The largest absolute Gasteiger partial charge is 0.329 e. The molecule has 2 N–H and O–H groups in total. The van der Waals surface area contributed by atoms with Gasteiger partial charge in [0.25, 0.3) is 0 Å². The van der Waals surface area contributed by atoms with Crippen molar-refractivity contribution in [3.05, 3.63) is 0 Å². The topological polar surface area (TPSA) is 29.3 Å². The highest BCUT2D eigenvalue weighted by atomic mass is 15.2. The minimum Gasteiger partial charge on any atom is -0.329 e. The molecule has 0 aromatic rings. The van der Waals surface area contributed by atoms with E-state index >= 15 is 0 Å². The van der Waals surface area contributed by atoms with E-state index in [4.69, 9.17) is 5.73 Å². The summed E-state index contributed by atoms with van der Waals surface area (Å²) in [7, 11) is 2.33. The molecule has 0 bridgehead atoms. The van der Waals surface area contributed by atoms with Crippen molar-refractivity contribution in [2.24, 2.45) is 5.73 Å². The third kappa shape index (κ3) is 6.28. The van der Waals surface area contributed by atoms with E-state index < -0.39 is 0 Å². The summed E-state index contributed by atoms with van der Waals surface area (Å²) in [6, 6.07) is 0.659. The zero-order valence-corrected chi connectivity index (χ0v) is 15.0. The number of nitrogens with two attached hydrogens (primary N) is 1. The Hall–Kier alpha value is -0.0800. The van der Waals surface area contributed by atoms with Gasteiger partial charge in [0.05, 0.1) is 0 Å². The predicted octanol–water partition coefficient (Wildman–Crippen LogP) is 5.11. The quantitative estimate of drug-likeness (QED) is 0.764. The molecule has 0 aromatic heterocycles. The molecule has 1 aliphatic rings. The van der Waals surface area contributed by atoms with Crippen molar-refractivity contribution in [1.29, 1.82) is 0 Å². The fraction of sp³-hybridized carbons (Fsp3) is 1.00. The molecule has 0 spiro atoms. The number of hydrogen-bond donors (Lipinski definition) is 1. The lowest BCUT2D eigenvalue weighted by Gasteiger charge is -2.45. The van der Waals surface area contributed by atoms with Crippen LogP contribution in [0.2, 0.25) is 0 Å². The maximum absolute atomic E-state index is 6.31. The summed E-state index contributed by atoms with van der Waals surface area (Å²) < 4.78 is 0. The van der Waals surface area contributed by atoms with Crippen molar-refractivity contribution in [3.63, 3.8) is 0 Å². The summed E-state index contributed by atoms with van der Waals surface area (Å²) in [6.45, 7) is 5.51. The molecule has 1 atom stereocenters. The minimum atomic E-state index is 0.258. The Balaban J connectivity index is 2.69.